The van der Waals surface area contributed by atoms with Crippen LogP contribution in [-0.4, -0.2) is 24.2 Å². The molecular formula is C24H30Si3. The molecule has 0 atom stereocenters. The van der Waals surface area contributed by atoms with E-state index in [1.807, 2.05) is 0 Å². The van der Waals surface area contributed by atoms with E-state index >= 15 is 0 Å². The van der Waals surface area contributed by atoms with Gasteiger partial charge in [0.15, 0.2) is 0 Å². The van der Waals surface area contributed by atoms with Gasteiger partial charge >= 0.3 is 0 Å². The van der Waals surface area contributed by atoms with Crippen molar-refractivity contribution in [1.29, 1.82) is 0 Å². The Morgan fingerprint density at radius 3 is 0.741 bits per heavy atom. The van der Waals surface area contributed by atoms with Crippen LogP contribution in [0.2, 0.25) is 39.3 Å². The number of benzene rings is 3. The molecule has 3 aromatic rings. The summed E-state index contributed by atoms with van der Waals surface area (Å²) < 4.78 is 0. The molecule has 0 unspecified atom stereocenters. The largest absolute Gasteiger partial charge is 0.112 e. The minimum Gasteiger partial charge on any atom is -0.0629 e. The number of fused-ring (bicyclic) bond motifs is 6. The monoisotopic (exact) mass is 402 g/mol. The van der Waals surface area contributed by atoms with E-state index in [-0.39, 0.29) is 0 Å². The second kappa shape index (κ2) is 6.16. The van der Waals surface area contributed by atoms with Crippen molar-refractivity contribution in [2.45, 2.75) is 39.3 Å². The maximum Gasteiger partial charge on any atom is 0.112 e. The highest BCUT2D eigenvalue weighted by Crippen LogP contribution is 2.12. The Balaban J connectivity index is 2.10. The summed E-state index contributed by atoms with van der Waals surface area (Å²) in [6.45, 7) is 15.1. The number of hydrogen-bond donors (Lipinski definition) is 0. The molecule has 3 heteroatoms. The van der Waals surface area contributed by atoms with E-state index in [1.54, 1.807) is 31.1 Å². The summed E-state index contributed by atoms with van der Waals surface area (Å²) in [5.41, 5.74) is 0. The first kappa shape index (κ1) is 18.7. The molecule has 138 valence electrons. The molecule has 1 heterocycles. The fraction of sp³-hybridized carbons (Fsp3) is 0.250. The Hall–Kier alpha value is -1.69. The van der Waals surface area contributed by atoms with Gasteiger partial charge in [-0.15, -0.1) is 0 Å². The third-order valence-electron chi connectivity index (χ3n) is 6.92. The molecule has 0 radical (unpaired) electrons. The Morgan fingerprint density at radius 2 is 0.556 bits per heavy atom. The van der Waals surface area contributed by atoms with E-state index in [9.17, 15) is 0 Å². The minimum absolute atomic E-state index is 1.56. The highest BCUT2D eigenvalue weighted by Gasteiger charge is 2.34. The van der Waals surface area contributed by atoms with Gasteiger partial charge in [-0.2, -0.15) is 0 Å². The summed E-state index contributed by atoms with van der Waals surface area (Å²) in [6, 6.07) is 28.8. The molecule has 27 heavy (non-hydrogen) atoms. The van der Waals surface area contributed by atoms with Crippen molar-refractivity contribution in [1.82, 2.24) is 0 Å². The quantitative estimate of drug-likeness (QED) is 0.507. The van der Waals surface area contributed by atoms with Crippen molar-refractivity contribution in [3.63, 3.8) is 0 Å². The smallest absolute Gasteiger partial charge is 0.0629 e. The highest BCUT2D eigenvalue weighted by molar-refractivity contribution is 7.05. The van der Waals surface area contributed by atoms with Crippen LogP contribution < -0.4 is 31.1 Å². The second-order valence-electron chi connectivity index (χ2n) is 9.62. The van der Waals surface area contributed by atoms with Crippen LogP contribution in [0.5, 0.6) is 0 Å². The van der Waals surface area contributed by atoms with E-state index in [1.165, 1.54) is 0 Å². The summed E-state index contributed by atoms with van der Waals surface area (Å²) in [6.07, 6.45) is 0. The van der Waals surface area contributed by atoms with Gasteiger partial charge in [0.2, 0.25) is 0 Å². The van der Waals surface area contributed by atoms with Gasteiger partial charge in [-0.1, -0.05) is 143 Å². The molecule has 0 saturated heterocycles. The van der Waals surface area contributed by atoms with E-state index in [4.69, 9.17) is 0 Å². The van der Waals surface area contributed by atoms with Gasteiger partial charge in [0.05, 0.1) is 0 Å². The standard InChI is InChI=1S/C24H30Si3/c1-25(2)19-10-7-12-21(16-19)26(3,4)23-14-9-15-24(18-23)27(5,6)22-13-8-11-20(25)17-22/h7-18H,1-6H3. The molecule has 1 aliphatic rings. The molecule has 0 spiro atoms. The Morgan fingerprint density at radius 1 is 0.370 bits per heavy atom. The molecule has 3 aromatic carbocycles. The zero-order valence-electron chi connectivity index (χ0n) is 17.4. The summed E-state index contributed by atoms with van der Waals surface area (Å²) in [5.74, 6) is 0. The van der Waals surface area contributed by atoms with Crippen LogP contribution in [0.1, 0.15) is 0 Å². The fourth-order valence-corrected chi connectivity index (χ4v) is 12.0. The lowest BCUT2D eigenvalue weighted by atomic mass is 10.3. The van der Waals surface area contributed by atoms with E-state index in [2.05, 4.69) is 112 Å². The number of hydrogen-bond acceptors (Lipinski definition) is 0. The minimum atomic E-state index is -1.71. The molecule has 0 saturated carbocycles. The molecule has 6 bridgehead atoms. The average molecular weight is 403 g/mol. The van der Waals surface area contributed by atoms with Crippen LogP contribution in [0.3, 0.4) is 0 Å². The van der Waals surface area contributed by atoms with Gasteiger partial charge < -0.3 is 0 Å². The van der Waals surface area contributed by atoms with Crippen molar-refractivity contribution < 1.29 is 0 Å². The zero-order valence-corrected chi connectivity index (χ0v) is 20.4. The first-order chi connectivity index (χ1) is 12.6. The first-order valence-electron chi connectivity index (χ1n) is 9.96. The summed E-state index contributed by atoms with van der Waals surface area (Å²) in [7, 11) is -5.14. The molecular weight excluding hydrogens is 373 g/mol. The van der Waals surface area contributed by atoms with Gasteiger partial charge in [0, 0.05) is 0 Å². The van der Waals surface area contributed by atoms with Crippen LogP contribution in [0.15, 0.2) is 72.8 Å². The maximum absolute atomic E-state index is 2.54. The van der Waals surface area contributed by atoms with Crippen molar-refractivity contribution in [2.75, 3.05) is 0 Å². The predicted molar refractivity (Wildman–Crippen MR) is 130 cm³/mol. The zero-order chi connectivity index (χ0) is 19.4. The van der Waals surface area contributed by atoms with Crippen molar-refractivity contribution in [3.8, 4) is 0 Å². The van der Waals surface area contributed by atoms with E-state index in [0.717, 1.165) is 0 Å². The average Bonchev–Trinajstić information content (AvgIpc) is 2.67. The summed E-state index contributed by atoms with van der Waals surface area (Å²) in [5, 5.41) is 9.38. The van der Waals surface area contributed by atoms with Crippen molar-refractivity contribution in [3.05, 3.63) is 72.8 Å². The lowest BCUT2D eigenvalue weighted by Gasteiger charge is -2.33. The van der Waals surface area contributed by atoms with Gasteiger partial charge in [0.1, 0.15) is 24.2 Å². The van der Waals surface area contributed by atoms with Crippen LogP contribution in [-0.2, 0) is 0 Å². The Bertz CT molecular complexity index is 820. The van der Waals surface area contributed by atoms with Crippen LogP contribution >= 0.6 is 0 Å². The van der Waals surface area contributed by atoms with Gasteiger partial charge in [0.25, 0.3) is 0 Å². The topological polar surface area (TPSA) is 0 Å². The molecule has 4 rings (SSSR count). The maximum atomic E-state index is 2.54. The molecule has 0 nitrogen and oxygen atoms in total. The van der Waals surface area contributed by atoms with Gasteiger partial charge in [-0.3, -0.25) is 0 Å². The van der Waals surface area contributed by atoms with Gasteiger partial charge in [-0.05, 0) is 0 Å². The van der Waals surface area contributed by atoms with Crippen molar-refractivity contribution >= 4 is 55.3 Å². The third kappa shape index (κ3) is 2.93. The lowest BCUT2D eigenvalue weighted by molar-refractivity contribution is 1.64. The van der Waals surface area contributed by atoms with Crippen LogP contribution in [0.25, 0.3) is 0 Å². The molecule has 0 fully saturated rings. The van der Waals surface area contributed by atoms with E-state index < -0.39 is 24.2 Å². The normalized spacial score (nSPS) is 18.9. The van der Waals surface area contributed by atoms with Crippen LogP contribution in [0, 0.1) is 0 Å². The van der Waals surface area contributed by atoms with Gasteiger partial charge in [-0.25, -0.2) is 0 Å². The summed E-state index contributed by atoms with van der Waals surface area (Å²) >= 11 is 0. The number of rotatable bonds is 0. The Labute approximate surface area is 167 Å². The molecule has 0 amide bonds. The predicted octanol–water partition coefficient (Wildman–Crippen LogP) is 2.47. The summed E-state index contributed by atoms with van der Waals surface area (Å²) in [4.78, 5) is 0. The first-order valence-corrected chi connectivity index (χ1v) is 19.0. The molecule has 0 aliphatic carbocycles. The highest BCUT2D eigenvalue weighted by atomic mass is 28.3. The fourth-order valence-electron chi connectivity index (χ4n) is 4.39. The third-order valence-corrected chi connectivity index (χ3v) is 17.4. The SMILES string of the molecule is C[Si]1(C)c2cccc(c2)[Si](C)(C)c2cccc(c2)[Si](C)(C)c2cccc1c2. The van der Waals surface area contributed by atoms with Crippen molar-refractivity contribution in [2.24, 2.45) is 0 Å². The lowest BCUT2D eigenvalue weighted by Crippen LogP contribution is -2.62. The molecule has 0 aromatic heterocycles. The molecule has 1 aliphatic heterocycles. The van der Waals surface area contributed by atoms with Crippen LogP contribution in [0.4, 0.5) is 0 Å². The second-order valence-corrected chi connectivity index (χ2v) is 22.8. The van der Waals surface area contributed by atoms with E-state index in [0.29, 0.717) is 0 Å². The molecule has 0 N–H and O–H groups in total. The Kier molecular flexibility index (Phi) is 4.26.